The second-order valence-electron chi connectivity index (χ2n) is 7.10. The molecular formula is C18H26N4O4. The molecule has 1 amide bonds. The molecule has 0 bridgehead atoms. The molecule has 26 heavy (non-hydrogen) atoms. The molecule has 0 aromatic carbocycles. The zero-order chi connectivity index (χ0) is 18.0. The van der Waals surface area contributed by atoms with E-state index in [0.29, 0.717) is 63.0 Å². The summed E-state index contributed by atoms with van der Waals surface area (Å²) in [6, 6.07) is 1.73. The molecule has 3 saturated heterocycles. The monoisotopic (exact) mass is 362 g/mol. The second-order valence-corrected chi connectivity index (χ2v) is 7.10. The fourth-order valence-electron chi connectivity index (χ4n) is 3.79. The van der Waals surface area contributed by atoms with E-state index in [-0.39, 0.29) is 12.0 Å². The molecule has 0 aliphatic carbocycles. The molecule has 1 spiro atoms. The molecule has 8 heteroatoms. The molecular weight excluding hydrogens is 336 g/mol. The van der Waals surface area contributed by atoms with Gasteiger partial charge in [0.05, 0.1) is 19.3 Å². The summed E-state index contributed by atoms with van der Waals surface area (Å²) < 4.78 is 17.1. The molecule has 1 atom stereocenters. The normalized spacial score (nSPS) is 25.0. The third kappa shape index (κ3) is 3.82. The van der Waals surface area contributed by atoms with Crippen LogP contribution in [0.5, 0.6) is 0 Å². The number of likely N-dealkylation sites (tertiary alicyclic amines) is 1. The molecule has 3 fully saturated rings. The van der Waals surface area contributed by atoms with Gasteiger partial charge in [-0.1, -0.05) is 0 Å². The minimum absolute atomic E-state index is 0.0662. The smallest absolute Gasteiger partial charge is 0.272 e. The van der Waals surface area contributed by atoms with E-state index < -0.39 is 5.79 Å². The van der Waals surface area contributed by atoms with Crippen molar-refractivity contribution in [2.75, 3.05) is 44.8 Å². The van der Waals surface area contributed by atoms with E-state index in [1.54, 1.807) is 13.0 Å². The number of carbonyl (C=O) groups is 1. The molecule has 1 aromatic rings. The van der Waals surface area contributed by atoms with Crippen LogP contribution in [0.2, 0.25) is 0 Å². The van der Waals surface area contributed by atoms with Crippen LogP contribution in [0.1, 0.15) is 42.0 Å². The Kier molecular flexibility index (Phi) is 5.06. The Balaban J connectivity index is 1.39. The van der Waals surface area contributed by atoms with Crippen LogP contribution in [0, 0.1) is 6.92 Å². The Morgan fingerprint density at radius 2 is 2.04 bits per heavy atom. The van der Waals surface area contributed by atoms with Gasteiger partial charge in [0.2, 0.25) is 0 Å². The van der Waals surface area contributed by atoms with Crippen molar-refractivity contribution in [1.29, 1.82) is 0 Å². The summed E-state index contributed by atoms with van der Waals surface area (Å²) >= 11 is 0. The van der Waals surface area contributed by atoms with E-state index >= 15 is 0 Å². The summed E-state index contributed by atoms with van der Waals surface area (Å²) in [5.74, 6) is 0.712. The number of carbonyl (C=O) groups excluding carboxylic acids is 1. The Hall–Kier alpha value is -1.77. The molecule has 1 unspecified atom stereocenters. The highest BCUT2D eigenvalue weighted by Gasteiger charge is 2.41. The van der Waals surface area contributed by atoms with E-state index in [2.05, 4.69) is 15.3 Å². The number of hydrogen-bond acceptors (Lipinski definition) is 7. The zero-order valence-corrected chi connectivity index (χ0v) is 15.2. The summed E-state index contributed by atoms with van der Waals surface area (Å²) in [7, 11) is 0. The molecule has 0 radical (unpaired) electrons. The van der Waals surface area contributed by atoms with Crippen LogP contribution in [-0.2, 0) is 14.2 Å². The lowest BCUT2D eigenvalue weighted by atomic mass is 10.0. The number of hydrogen-bond donors (Lipinski definition) is 1. The van der Waals surface area contributed by atoms with Gasteiger partial charge in [0.25, 0.3) is 5.91 Å². The molecule has 8 nitrogen and oxygen atoms in total. The van der Waals surface area contributed by atoms with E-state index in [1.807, 2.05) is 4.90 Å². The van der Waals surface area contributed by atoms with Crippen molar-refractivity contribution in [2.45, 2.75) is 44.5 Å². The molecule has 1 aromatic heterocycles. The lowest BCUT2D eigenvalue weighted by Crippen LogP contribution is -2.47. The van der Waals surface area contributed by atoms with Crippen LogP contribution in [0.4, 0.5) is 5.82 Å². The van der Waals surface area contributed by atoms with Crippen molar-refractivity contribution < 1.29 is 19.0 Å². The SMILES string of the molecule is Cc1nc(NCC2CCCO2)cc(C(=O)N2CCC3(CC2)OCCO3)n1. The van der Waals surface area contributed by atoms with Crippen LogP contribution in [0.3, 0.4) is 0 Å². The molecule has 4 heterocycles. The maximum absolute atomic E-state index is 12.9. The van der Waals surface area contributed by atoms with Gasteiger partial charge in [-0.3, -0.25) is 4.79 Å². The number of amides is 1. The van der Waals surface area contributed by atoms with E-state index in [4.69, 9.17) is 14.2 Å². The number of anilines is 1. The maximum Gasteiger partial charge on any atom is 0.272 e. The Labute approximate surface area is 153 Å². The lowest BCUT2D eigenvalue weighted by Gasteiger charge is -2.37. The fourth-order valence-corrected chi connectivity index (χ4v) is 3.79. The highest BCUT2D eigenvalue weighted by molar-refractivity contribution is 5.93. The van der Waals surface area contributed by atoms with Crippen molar-refractivity contribution >= 4 is 11.7 Å². The second kappa shape index (κ2) is 7.46. The van der Waals surface area contributed by atoms with Gasteiger partial charge in [-0.25, -0.2) is 9.97 Å². The first-order valence-electron chi connectivity index (χ1n) is 9.42. The number of rotatable bonds is 4. The van der Waals surface area contributed by atoms with Crippen molar-refractivity contribution in [1.82, 2.24) is 14.9 Å². The first-order chi connectivity index (χ1) is 12.6. The maximum atomic E-state index is 12.9. The van der Waals surface area contributed by atoms with E-state index in [1.165, 1.54) is 0 Å². The highest BCUT2D eigenvalue weighted by atomic mass is 16.7. The largest absolute Gasteiger partial charge is 0.376 e. The van der Waals surface area contributed by atoms with Crippen molar-refractivity contribution in [3.8, 4) is 0 Å². The zero-order valence-electron chi connectivity index (χ0n) is 15.2. The molecule has 4 rings (SSSR count). The lowest BCUT2D eigenvalue weighted by molar-refractivity contribution is -0.181. The van der Waals surface area contributed by atoms with Crippen LogP contribution in [-0.4, -0.2) is 72.1 Å². The quantitative estimate of drug-likeness (QED) is 0.865. The predicted molar refractivity (Wildman–Crippen MR) is 94.0 cm³/mol. The third-order valence-corrected chi connectivity index (χ3v) is 5.22. The standard InChI is InChI=1S/C18H26N4O4/c1-13-20-15(11-16(21-13)19-12-14-3-2-8-24-14)17(23)22-6-4-18(5-7-22)25-9-10-26-18/h11,14H,2-10,12H2,1H3,(H,19,20,21). The van der Waals surface area contributed by atoms with Crippen molar-refractivity contribution in [3.63, 3.8) is 0 Å². The summed E-state index contributed by atoms with van der Waals surface area (Å²) in [6.45, 7) is 5.83. The van der Waals surface area contributed by atoms with Gasteiger partial charge in [0, 0.05) is 45.1 Å². The van der Waals surface area contributed by atoms with Gasteiger partial charge >= 0.3 is 0 Å². The molecule has 142 valence electrons. The van der Waals surface area contributed by atoms with E-state index in [0.717, 1.165) is 19.4 Å². The summed E-state index contributed by atoms with van der Waals surface area (Å²) in [6.07, 6.45) is 3.78. The number of aromatic nitrogens is 2. The fraction of sp³-hybridized carbons (Fsp3) is 0.722. The molecule has 1 N–H and O–H groups in total. The van der Waals surface area contributed by atoms with Crippen LogP contribution < -0.4 is 5.32 Å². The van der Waals surface area contributed by atoms with Gasteiger partial charge in [-0.2, -0.15) is 0 Å². The molecule has 3 aliphatic rings. The Morgan fingerprint density at radius 1 is 1.27 bits per heavy atom. The van der Waals surface area contributed by atoms with Gasteiger partial charge in [-0.15, -0.1) is 0 Å². The van der Waals surface area contributed by atoms with Gasteiger partial charge < -0.3 is 24.4 Å². The van der Waals surface area contributed by atoms with Crippen LogP contribution in [0.25, 0.3) is 0 Å². The number of ether oxygens (including phenoxy) is 3. The predicted octanol–water partition coefficient (Wildman–Crippen LogP) is 1.36. The first-order valence-corrected chi connectivity index (χ1v) is 9.42. The highest BCUT2D eigenvalue weighted by Crippen LogP contribution is 2.31. The molecule has 0 saturated carbocycles. The van der Waals surface area contributed by atoms with Crippen LogP contribution >= 0.6 is 0 Å². The number of piperidine rings is 1. The van der Waals surface area contributed by atoms with Gasteiger partial charge in [0.15, 0.2) is 5.79 Å². The molecule has 3 aliphatic heterocycles. The Bertz CT molecular complexity index is 647. The summed E-state index contributed by atoms with van der Waals surface area (Å²) in [4.78, 5) is 23.4. The first kappa shape index (κ1) is 17.6. The minimum atomic E-state index is -0.480. The van der Waals surface area contributed by atoms with Crippen molar-refractivity contribution in [2.24, 2.45) is 0 Å². The van der Waals surface area contributed by atoms with Gasteiger partial charge in [0.1, 0.15) is 17.3 Å². The van der Waals surface area contributed by atoms with E-state index in [9.17, 15) is 4.79 Å². The summed E-state index contributed by atoms with van der Waals surface area (Å²) in [5, 5.41) is 3.28. The third-order valence-electron chi connectivity index (χ3n) is 5.22. The Morgan fingerprint density at radius 3 is 2.73 bits per heavy atom. The minimum Gasteiger partial charge on any atom is -0.376 e. The number of nitrogens with one attached hydrogen (secondary N) is 1. The summed E-state index contributed by atoms with van der Waals surface area (Å²) in [5.41, 5.74) is 0.427. The van der Waals surface area contributed by atoms with Crippen LogP contribution in [0.15, 0.2) is 6.07 Å². The average Bonchev–Trinajstić information content (AvgIpc) is 3.32. The van der Waals surface area contributed by atoms with Gasteiger partial charge in [-0.05, 0) is 19.8 Å². The topological polar surface area (TPSA) is 85.8 Å². The number of aryl methyl sites for hydroxylation is 1. The average molecular weight is 362 g/mol. The number of nitrogens with zero attached hydrogens (tertiary/aromatic N) is 3. The van der Waals surface area contributed by atoms with Crippen molar-refractivity contribution in [3.05, 3.63) is 17.6 Å².